The molecule has 3 rings (SSSR count). The Balaban J connectivity index is 1.85. The van der Waals surface area contributed by atoms with Crippen molar-refractivity contribution in [3.63, 3.8) is 0 Å². The SMILES string of the molecule is CC(C)CCc1cc2n(n1)C(c1ccc(F)cn1)CCN2. The molecule has 0 amide bonds. The van der Waals surface area contributed by atoms with E-state index in [1.165, 1.54) is 12.3 Å². The molecule has 1 atom stereocenters. The summed E-state index contributed by atoms with van der Waals surface area (Å²) in [6, 6.07) is 5.44. The molecule has 0 spiro atoms. The first kappa shape index (κ1) is 14.0. The topological polar surface area (TPSA) is 42.7 Å². The van der Waals surface area contributed by atoms with Crippen LogP contribution in [0, 0.1) is 11.7 Å². The molecule has 0 fully saturated rings. The number of hydrogen-bond donors (Lipinski definition) is 1. The summed E-state index contributed by atoms with van der Waals surface area (Å²) in [5, 5.41) is 8.10. The van der Waals surface area contributed by atoms with Gasteiger partial charge in [0.05, 0.1) is 23.6 Å². The van der Waals surface area contributed by atoms with Crippen LogP contribution in [-0.2, 0) is 6.42 Å². The molecule has 0 saturated heterocycles. The molecule has 2 aromatic rings. The molecule has 4 nitrogen and oxygen atoms in total. The molecule has 0 radical (unpaired) electrons. The fourth-order valence-corrected chi connectivity index (χ4v) is 2.69. The van der Waals surface area contributed by atoms with Gasteiger partial charge in [-0.05, 0) is 37.3 Å². The van der Waals surface area contributed by atoms with Crippen molar-refractivity contribution in [3.05, 3.63) is 41.6 Å². The molecule has 112 valence electrons. The maximum atomic E-state index is 13.0. The van der Waals surface area contributed by atoms with Gasteiger partial charge < -0.3 is 5.32 Å². The van der Waals surface area contributed by atoms with Crippen LogP contribution in [0.2, 0.25) is 0 Å². The summed E-state index contributed by atoms with van der Waals surface area (Å²) in [4.78, 5) is 4.22. The summed E-state index contributed by atoms with van der Waals surface area (Å²) in [5.74, 6) is 1.41. The summed E-state index contributed by atoms with van der Waals surface area (Å²) in [7, 11) is 0. The van der Waals surface area contributed by atoms with Gasteiger partial charge in [0.1, 0.15) is 11.6 Å². The van der Waals surface area contributed by atoms with Crippen LogP contribution in [-0.4, -0.2) is 21.3 Å². The van der Waals surface area contributed by atoms with Gasteiger partial charge in [-0.15, -0.1) is 0 Å². The summed E-state index contributed by atoms with van der Waals surface area (Å²) in [5.41, 5.74) is 1.98. The first-order chi connectivity index (χ1) is 10.1. The van der Waals surface area contributed by atoms with Crippen LogP contribution >= 0.6 is 0 Å². The molecular weight excluding hydrogens is 267 g/mol. The van der Waals surface area contributed by atoms with E-state index >= 15 is 0 Å². The lowest BCUT2D eigenvalue weighted by Gasteiger charge is -2.25. The zero-order chi connectivity index (χ0) is 14.8. The predicted octanol–water partition coefficient (Wildman–Crippen LogP) is 3.41. The van der Waals surface area contributed by atoms with Gasteiger partial charge in [-0.25, -0.2) is 9.07 Å². The Morgan fingerprint density at radius 3 is 3.00 bits per heavy atom. The maximum Gasteiger partial charge on any atom is 0.141 e. The normalized spacial score (nSPS) is 17.6. The Kier molecular flexibility index (Phi) is 3.90. The zero-order valence-corrected chi connectivity index (χ0v) is 12.5. The van der Waals surface area contributed by atoms with E-state index in [1.807, 2.05) is 4.68 Å². The van der Waals surface area contributed by atoms with Crippen LogP contribution in [0.1, 0.15) is 44.1 Å². The van der Waals surface area contributed by atoms with E-state index in [-0.39, 0.29) is 11.9 Å². The second-order valence-corrected chi connectivity index (χ2v) is 6.03. The molecule has 0 bridgehead atoms. The Morgan fingerprint density at radius 2 is 2.29 bits per heavy atom. The minimum absolute atomic E-state index is 0.0923. The van der Waals surface area contributed by atoms with Crippen molar-refractivity contribution >= 4 is 5.82 Å². The largest absolute Gasteiger partial charge is 0.370 e. The number of pyridine rings is 1. The quantitative estimate of drug-likeness (QED) is 0.937. The number of rotatable bonds is 4. The van der Waals surface area contributed by atoms with E-state index in [0.29, 0.717) is 5.92 Å². The second kappa shape index (κ2) is 5.84. The van der Waals surface area contributed by atoms with Crippen molar-refractivity contribution in [2.24, 2.45) is 5.92 Å². The Morgan fingerprint density at radius 1 is 1.43 bits per heavy atom. The molecule has 1 N–H and O–H groups in total. The van der Waals surface area contributed by atoms with E-state index in [9.17, 15) is 4.39 Å². The molecule has 1 unspecified atom stereocenters. The van der Waals surface area contributed by atoms with Gasteiger partial charge in [0.2, 0.25) is 0 Å². The van der Waals surface area contributed by atoms with Gasteiger partial charge in [-0.2, -0.15) is 5.10 Å². The molecule has 21 heavy (non-hydrogen) atoms. The third-order valence-corrected chi connectivity index (χ3v) is 3.87. The molecule has 2 aromatic heterocycles. The van der Waals surface area contributed by atoms with Crippen molar-refractivity contribution in [2.75, 3.05) is 11.9 Å². The molecule has 0 aliphatic carbocycles. The molecule has 0 saturated carbocycles. The summed E-state index contributed by atoms with van der Waals surface area (Å²) < 4.78 is 15.0. The van der Waals surface area contributed by atoms with Crippen LogP contribution in [0.15, 0.2) is 24.4 Å². The molecule has 1 aliphatic heterocycles. The highest BCUT2D eigenvalue weighted by Crippen LogP contribution is 2.29. The van der Waals surface area contributed by atoms with Crippen LogP contribution < -0.4 is 5.32 Å². The van der Waals surface area contributed by atoms with Gasteiger partial charge >= 0.3 is 0 Å². The van der Waals surface area contributed by atoms with Crippen LogP contribution in [0.3, 0.4) is 0 Å². The minimum Gasteiger partial charge on any atom is -0.370 e. The average Bonchev–Trinajstić information content (AvgIpc) is 2.89. The van der Waals surface area contributed by atoms with Crippen LogP contribution in [0.5, 0.6) is 0 Å². The highest BCUT2D eigenvalue weighted by atomic mass is 19.1. The van der Waals surface area contributed by atoms with E-state index in [4.69, 9.17) is 5.10 Å². The molecule has 0 aromatic carbocycles. The highest BCUT2D eigenvalue weighted by Gasteiger charge is 2.24. The number of hydrogen-bond acceptors (Lipinski definition) is 3. The predicted molar refractivity (Wildman–Crippen MR) is 80.8 cm³/mol. The van der Waals surface area contributed by atoms with Gasteiger partial charge in [-0.3, -0.25) is 4.98 Å². The van der Waals surface area contributed by atoms with E-state index in [0.717, 1.165) is 43.0 Å². The molecule has 3 heterocycles. The zero-order valence-electron chi connectivity index (χ0n) is 12.5. The van der Waals surface area contributed by atoms with Crippen molar-refractivity contribution in [3.8, 4) is 0 Å². The Bertz CT molecular complexity index is 603. The summed E-state index contributed by atoms with van der Waals surface area (Å²) in [6.07, 6.45) is 4.32. The molecule has 1 aliphatic rings. The average molecular weight is 288 g/mol. The lowest BCUT2D eigenvalue weighted by Crippen LogP contribution is -2.25. The number of aryl methyl sites for hydroxylation is 1. The van der Waals surface area contributed by atoms with Crippen molar-refractivity contribution in [2.45, 2.75) is 39.2 Å². The van der Waals surface area contributed by atoms with Crippen molar-refractivity contribution in [1.29, 1.82) is 0 Å². The van der Waals surface area contributed by atoms with Crippen LogP contribution in [0.4, 0.5) is 10.2 Å². The van der Waals surface area contributed by atoms with Gasteiger partial charge in [0.15, 0.2) is 0 Å². The standard InChI is InChI=1S/C16H21FN4/c1-11(2)3-5-13-9-16-18-8-7-15(21(16)20-13)14-6-4-12(17)10-19-14/h4,6,9-11,15,18H,3,5,7-8H2,1-2H3. The van der Waals surface area contributed by atoms with Crippen molar-refractivity contribution < 1.29 is 4.39 Å². The highest BCUT2D eigenvalue weighted by molar-refractivity contribution is 5.40. The number of halogens is 1. The lowest BCUT2D eigenvalue weighted by atomic mass is 10.1. The number of aromatic nitrogens is 3. The van der Waals surface area contributed by atoms with Gasteiger partial charge in [0, 0.05) is 12.6 Å². The third kappa shape index (κ3) is 3.06. The molecule has 5 heteroatoms. The van der Waals surface area contributed by atoms with E-state index < -0.39 is 0 Å². The lowest BCUT2D eigenvalue weighted by molar-refractivity contribution is 0.463. The smallest absolute Gasteiger partial charge is 0.141 e. The fourth-order valence-electron chi connectivity index (χ4n) is 2.69. The van der Waals surface area contributed by atoms with E-state index in [1.54, 1.807) is 6.07 Å². The number of nitrogens with zero attached hydrogens (tertiary/aromatic N) is 3. The van der Waals surface area contributed by atoms with Crippen molar-refractivity contribution in [1.82, 2.24) is 14.8 Å². The maximum absolute atomic E-state index is 13.0. The first-order valence-electron chi connectivity index (χ1n) is 7.57. The second-order valence-electron chi connectivity index (χ2n) is 6.03. The Hall–Kier alpha value is -1.91. The monoisotopic (exact) mass is 288 g/mol. The number of nitrogens with one attached hydrogen (secondary N) is 1. The summed E-state index contributed by atoms with van der Waals surface area (Å²) >= 11 is 0. The number of fused-ring (bicyclic) bond motifs is 1. The van der Waals surface area contributed by atoms with Gasteiger partial charge in [0.25, 0.3) is 0 Å². The Labute approximate surface area is 124 Å². The van der Waals surface area contributed by atoms with Gasteiger partial charge in [-0.1, -0.05) is 13.8 Å². The first-order valence-corrected chi connectivity index (χ1v) is 7.57. The van der Waals surface area contributed by atoms with E-state index in [2.05, 4.69) is 30.2 Å². The third-order valence-electron chi connectivity index (χ3n) is 3.87. The molecular formula is C16H21FN4. The fraction of sp³-hybridized carbons (Fsp3) is 0.500. The number of anilines is 1. The van der Waals surface area contributed by atoms with Crippen LogP contribution in [0.25, 0.3) is 0 Å². The minimum atomic E-state index is -0.300. The summed E-state index contributed by atoms with van der Waals surface area (Å²) in [6.45, 7) is 5.33.